The molecule has 2 rings (SSSR count). The van der Waals surface area contributed by atoms with E-state index in [1.807, 2.05) is 19.0 Å². The summed E-state index contributed by atoms with van der Waals surface area (Å²) in [4.78, 5) is 27.1. The number of benzene rings is 1. The predicted octanol–water partition coefficient (Wildman–Crippen LogP) is 1.22. The zero-order valence-corrected chi connectivity index (χ0v) is 12.7. The molecule has 6 nitrogen and oxygen atoms in total. The van der Waals surface area contributed by atoms with E-state index in [-0.39, 0.29) is 24.2 Å². The molecule has 1 atom stereocenters. The van der Waals surface area contributed by atoms with E-state index in [4.69, 9.17) is 4.74 Å². The van der Waals surface area contributed by atoms with E-state index in [2.05, 4.69) is 5.32 Å². The molecule has 2 amide bonds. The van der Waals surface area contributed by atoms with Gasteiger partial charge in [-0.2, -0.15) is 0 Å². The van der Waals surface area contributed by atoms with Gasteiger partial charge in [-0.05, 0) is 38.4 Å². The van der Waals surface area contributed by atoms with Crippen LogP contribution in [-0.4, -0.2) is 56.7 Å². The molecule has 0 aromatic heterocycles. The minimum Gasteiger partial charge on any atom is -0.448 e. The summed E-state index contributed by atoms with van der Waals surface area (Å²) in [7, 11) is 3.77. The first-order valence-corrected chi connectivity index (χ1v) is 7.09. The topological polar surface area (TPSA) is 61.9 Å². The van der Waals surface area contributed by atoms with Crippen molar-refractivity contribution in [2.24, 2.45) is 0 Å². The number of hydrogen-bond acceptors (Lipinski definition) is 4. The Bertz CT molecular complexity index is 533. The average Bonchev–Trinajstić information content (AvgIpc) is 2.80. The lowest BCUT2D eigenvalue weighted by molar-refractivity contribution is -0.117. The van der Waals surface area contributed by atoms with Crippen LogP contribution in [0.1, 0.15) is 6.42 Å². The number of amides is 2. The van der Waals surface area contributed by atoms with Crippen LogP contribution in [0.5, 0.6) is 0 Å². The fourth-order valence-corrected chi connectivity index (χ4v) is 2.20. The normalized spacial score (nSPS) is 17.9. The summed E-state index contributed by atoms with van der Waals surface area (Å²) in [6.45, 7) is 1.28. The fraction of sp³-hybridized carbons (Fsp3) is 0.467. The molecular weight excluding hydrogens is 289 g/mol. The van der Waals surface area contributed by atoms with Gasteiger partial charge < -0.3 is 19.9 Å². The van der Waals surface area contributed by atoms with Gasteiger partial charge in [-0.3, -0.25) is 4.79 Å². The number of nitrogens with one attached hydrogen (secondary N) is 1. The van der Waals surface area contributed by atoms with Crippen molar-refractivity contribution in [1.82, 2.24) is 10.2 Å². The van der Waals surface area contributed by atoms with Crippen LogP contribution in [0.15, 0.2) is 24.3 Å². The maximum Gasteiger partial charge on any atom is 0.407 e. The lowest BCUT2D eigenvalue weighted by atomic mass is 10.3. The highest BCUT2D eigenvalue weighted by Gasteiger charge is 2.31. The van der Waals surface area contributed by atoms with E-state index >= 15 is 0 Å². The first kappa shape index (κ1) is 16.2. The molecule has 1 unspecified atom stereocenters. The maximum absolute atomic E-state index is 12.9. The highest BCUT2D eigenvalue weighted by atomic mass is 19.1. The Morgan fingerprint density at radius 1 is 1.41 bits per heavy atom. The minimum absolute atomic E-state index is 0.106. The average molecular weight is 309 g/mol. The van der Waals surface area contributed by atoms with Crippen molar-refractivity contribution in [3.8, 4) is 0 Å². The Morgan fingerprint density at radius 2 is 2.09 bits per heavy atom. The summed E-state index contributed by atoms with van der Waals surface area (Å²) in [5.41, 5.74) is 0.622. The van der Waals surface area contributed by atoms with Crippen LogP contribution >= 0.6 is 0 Å². The maximum atomic E-state index is 12.9. The molecule has 1 N–H and O–H groups in total. The number of rotatable bonds is 5. The predicted molar refractivity (Wildman–Crippen MR) is 80.2 cm³/mol. The van der Waals surface area contributed by atoms with Gasteiger partial charge in [-0.1, -0.05) is 0 Å². The molecule has 1 heterocycles. The van der Waals surface area contributed by atoms with E-state index in [0.29, 0.717) is 25.4 Å². The second kappa shape index (κ2) is 7.22. The number of halogens is 1. The summed E-state index contributed by atoms with van der Waals surface area (Å²) >= 11 is 0. The molecule has 7 heteroatoms. The summed E-state index contributed by atoms with van der Waals surface area (Å²) in [5, 5.41) is 2.68. The van der Waals surface area contributed by atoms with Crippen LogP contribution in [0.25, 0.3) is 0 Å². The second-order valence-corrected chi connectivity index (χ2v) is 5.47. The van der Waals surface area contributed by atoms with Crippen molar-refractivity contribution in [3.05, 3.63) is 30.1 Å². The minimum atomic E-state index is -0.527. The monoisotopic (exact) mass is 309 g/mol. The molecule has 0 spiro atoms. The number of likely N-dealkylation sites (N-methyl/N-ethyl adjacent to an activating group) is 1. The number of carbonyl (C=O) groups excluding carboxylic acids is 2. The van der Waals surface area contributed by atoms with Crippen molar-refractivity contribution in [2.45, 2.75) is 12.5 Å². The molecule has 1 fully saturated rings. The zero-order valence-electron chi connectivity index (χ0n) is 12.7. The number of anilines is 1. The fourth-order valence-electron chi connectivity index (χ4n) is 2.20. The molecule has 0 radical (unpaired) electrons. The summed E-state index contributed by atoms with van der Waals surface area (Å²) < 4.78 is 17.9. The van der Waals surface area contributed by atoms with Crippen molar-refractivity contribution >= 4 is 17.7 Å². The number of carbonyl (C=O) groups is 2. The van der Waals surface area contributed by atoms with Crippen LogP contribution in [0.4, 0.5) is 14.9 Å². The van der Waals surface area contributed by atoms with Gasteiger partial charge in [0.05, 0.1) is 6.04 Å². The van der Waals surface area contributed by atoms with Crippen LogP contribution in [0, 0.1) is 5.82 Å². The van der Waals surface area contributed by atoms with Gasteiger partial charge in [-0.25, -0.2) is 9.18 Å². The van der Waals surface area contributed by atoms with E-state index in [1.54, 1.807) is 12.1 Å². The molecule has 0 saturated carbocycles. The number of hydrogen-bond donors (Lipinski definition) is 1. The van der Waals surface area contributed by atoms with Crippen molar-refractivity contribution in [1.29, 1.82) is 0 Å². The van der Waals surface area contributed by atoms with Crippen molar-refractivity contribution < 1.29 is 18.7 Å². The molecule has 1 aliphatic heterocycles. The van der Waals surface area contributed by atoms with Gasteiger partial charge in [0.25, 0.3) is 0 Å². The third-order valence-electron chi connectivity index (χ3n) is 3.36. The Kier molecular flexibility index (Phi) is 5.32. The Morgan fingerprint density at radius 3 is 2.73 bits per heavy atom. The smallest absolute Gasteiger partial charge is 0.407 e. The second-order valence-electron chi connectivity index (χ2n) is 5.47. The van der Waals surface area contributed by atoms with Crippen molar-refractivity contribution in [3.63, 3.8) is 0 Å². The van der Waals surface area contributed by atoms with Gasteiger partial charge in [-0.15, -0.1) is 0 Å². The van der Waals surface area contributed by atoms with Gasteiger partial charge in [0, 0.05) is 25.2 Å². The number of alkyl carbamates (subject to hydrolysis) is 1. The number of ether oxygens (including phenoxy) is 1. The SMILES string of the molecule is CN(C)CCOC(=O)NC1CC(=O)N(c2ccc(F)cc2)C1. The van der Waals surface area contributed by atoms with Crippen LogP contribution in [-0.2, 0) is 9.53 Å². The van der Waals surface area contributed by atoms with Gasteiger partial charge >= 0.3 is 6.09 Å². The van der Waals surface area contributed by atoms with Gasteiger partial charge in [0.2, 0.25) is 5.91 Å². The zero-order chi connectivity index (χ0) is 16.1. The third-order valence-corrected chi connectivity index (χ3v) is 3.36. The lowest BCUT2D eigenvalue weighted by Gasteiger charge is -2.17. The first-order chi connectivity index (χ1) is 10.5. The van der Waals surface area contributed by atoms with E-state index in [1.165, 1.54) is 17.0 Å². The Hall–Kier alpha value is -2.15. The largest absolute Gasteiger partial charge is 0.448 e. The summed E-state index contributed by atoms with van der Waals surface area (Å²) in [5.74, 6) is -0.459. The summed E-state index contributed by atoms with van der Waals surface area (Å²) in [6, 6.07) is 5.40. The van der Waals surface area contributed by atoms with Gasteiger partial charge in [0.1, 0.15) is 12.4 Å². The molecule has 0 aliphatic carbocycles. The molecule has 1 aliphatic rings. The summed E-state index contributed by atoms with van der Waals surface area (Å²) in [6.07, 6.45) is -0.319. The van der Waals surface area contributed by atoms with Crippen LogP contribution in [0.2, 0.25) is 0 Å². The van der Waals surface area contributed by atoms with Gasteiger partial charge in [0.15, 0.2) is 0 Å². The Labute approximate surface area is 128 Å². The standard InChI is InChI=1S/C15H20FN3O3/c1-18(2)7-8-22-15(21)17-12-9-14(20)19(10-12)13-5-3-11(16)4-6-13/h3-6,12H,7-10H2,1-2H3,(H,17,21). The highest BCUT2D eigenvalue weighted by molar-refractivity contribution is 5.96. The lowest BCUT2D eigenvalue weighted by Crippen LogP contribution is -2.38. The first-order valence-electron chi connectivity index (χ1n) is 7.09. The molecule has 120 valence electrons. The quantitative estimate of drug-likeness (QED) is 0.888. The van der Waals surface area contributed by atoms with Crippen molar-refractivity contribution in [2.75, 3.05) is 38.7 Å². The molecule has 0 bridgehead atoms. The van der Waals surface area contributed by atoms with Crippen LogP contribution in [0.3, 0.4) is 0 Å². The highest BCUT2D eigenvalue weighted by Crippen LogP contribution is 2.21. The molecule has 1 aromatic rings. The van der Waals surface area contributed by atoms with Crippen LogP contribution < -0.4 is 10.2 Å². The van der Waals surface area contributed by atoms with E-state index in [0.717, 1.165) is 0 Å². The molecule has 1 aromatic carbocycles. The number of nitrogens with zero attached hydrogens (tertiary/aromatic N) is 2. The Balaban J connectivity index is 1.84. The molecule has 22 heavy (non-hydrogen) atoms. The third kappa shape index (κ3) is 4.42. The molecular formula is C15H20FN3O3. The molecule has 1 saturated heterocycles. The van der Waals surface area contributed by atoms with E-state index in [9.17, 15) is 14.0 Å². The van der Waals surface area contributed by atoms with E-state index < -0.39 is 6.09 Å².